The Morgan fingerprint density at radius 2 is 2.14 bits per heavy atom. The molecule has 122 valence electrons. The number of amides is 1. The van der Waals surface area contributed by atoms with Crippen LogP contribution in [0, 0.1) is 5.92 Å². The lowest BCUT2D eigenvalue weighted by molar-refractivity contribution is 0.0821. The Morgan fingerprint density at radius 1 is 1.41 bits per heavy atom. The molecular weight excluding hydrogens is 304 g/mol. The Labute approximate surface area is 131 Å². The molecule has 0 bridgehead atoms. The quantitative estimate of drug-likeness (QED) is 0.799. The molecule has 0 saturated carbocycles. The Kier molecular flexibility index (Phi) is 5.12. The summed E-state index contributed by atoms with van der Waals surface area (Å²) < 4.78 is 24.8. The van der Waals surface area contributed by atoms with Gasteiger partial charge in [-0.3, -0.25) is 4.79 Å². The molecule has 8 heteroatoms. The average Bonchev–Trinajstić information content (AvgIpc) is 2.46. The van der Waals surface area contributed by atoms with Gasteiger partial charge >= 0.3 is 0 Å². The summed E-state index contributed by atoms with van der Waals surface area (Å²) in [6, 6.07) is 1.70. The minimum atomic E-state index is -3.14. The van der Waals surface area contributed by atoms with Crippen molar-refractivity contribution in [3.63, 3.8) is 0 Å². The molecule has 0 unspecified atom stereocenters. The molecule has 1 aliphatic heterocycles. The van der Waals surface area contributed by atoms with Crippen LogP contribution in [0.2, 0.25) is 0 Å². The summed E-state index contributed by atoms with van der Waals surface area (Å²) >= 11 is 0. The number of carbonyl (C=O) groups excluding carboxylic acids is 1. The Morgan fingerprint density at radius 3 is 2.77 bits per heavy atom. The fraction of sp³-hybridized carbons (Fsp3) is 0.643. The highest BCUT2D eigenvalue weighted by atomic mass is 32.2. The minimum absolute atomic E-state index is 0.162. The van der Waals surface area contributed by atoms with Crippen LogP contribution in [0.25, 0.3) is 0 Å². The molecule has 2 rings (SSSR count). The Hall–Kier alpha value is -1.54. The molecule has 0 radical (unpaired) electrons. The molecule has 1 amide bonds. The van der Waals surface area contributed by atoms with Gasteiger partial charge < -0.3 is 4.90 Å². The van der Waals surface area contributed by atoms with E-state index in [4.69, 9.17) is 0 Å². The molecule has 1 atom stereocenters. The fourth-order valence-corrected chi connectivity index (χ4v) is 3.59. The fourth-order valence-electron chi connectivity index (χ4n) is 2.65. The molecule has 1 saturated heterocycles. The van der Waals surface area contributed by atoms with Crippen molar-refractivity contribution in [2.24, 2.45) is 5.92 Å². The largest absolute Gasteiger partial charge is 0.343 e. The van der Waals surface area contributed by atoms with Crippen molar-refractivity contribution in [2.75, 3.05) is 33.4 Å². The minimum Gasteiger partial charge on any atom is -0.343 e. The highest BCUT2D eigenvalue weighted by molar-refractivity contribution is 7.88. The molecule has 1 aliphatic rings. The molecule has 7 nitrogen and oxygen atoms in total. The zero-order chi connectivity index (χ0) is 16.3. The molecule has 0 aromatic carbocycles. The number of nitrogens with zero attached hydrogens (tertiary/aromatic N) is 4. The summed E-state index contributed by atoms with van der Waals surface area (Å²) in [4.78, 5) is 21.6. The topological polar surface area (TPSA) is 83.5 Å². The smallest absolute Gasteiger partial charge is 0.272 e. The molecule has 22 heavy (non-hydrogen) atoms. The number of rotatable bonds is 4. The van der Waals surface area contributed by atoms with Gasteiger partial charge in [0.25, 0.3) is 5.91 Å². The van der Waals surface area contributed by atoms with Gasteiger partial charge in [0.05, 0.1) is 6.26 Å². The normalized spacial score (nSPS) is 19.9. The van der Waals surface area contributed by atoms with Crippen LogP contribution in [0.15, 0.2) is 12.4 Å². The van der Waals surface area contributed by atoms with E-state index in [0.29, 0.717) is 25.2 Å². The maximum atomic E-state index is 11.9. The summed E-state index contributed by atoms with van der Waals surface area (Å²) in [5, 5.41) is 0. The van der Waals surface area contributed by atoms with Crippen LogP contribution in [0.5, 0.6) is 0 Å². The van der Waals surface area contributed by atoms with Gasteiger partial charge in [-0.2, -0.15) is 0 Å². The predicted octanol–water partition coefficient (Wildman–Crippen LogP) is 0.393. The Balaban J connectivity index is 2.07. The van der Waals surface area contributed by atoms with Crippen molar-refractivity contribution in [3.05, 3.63) is 23.8 Å². The average molecular weight is 326 g/mol. The van der Waals surface area contributed by atoms with E-state index < -0.39 is 10.0 Å². The maximum Gasteiger partial charge on any atom is 0.272 e. The van der Waals surface area contributed by atoms with Gasteiger partial charge in [0.2, 0.25) is 10.0 Å². The molecular formula is C14H22N4O3S. The van der Waals surface area contributed by atoms with Crippen molar-refractivity contribution in [2.45, 2.75) is 19.3 Å². The van der Waals surface area contributed by atoms with Crippen molar-refractivity contribution in [1.29, 1.82) is 0 Å². The van der Waals surface area contributed by atoms with Crippen LogP contribution in [0.4, 0.5) is 0 Å². The van der Waals surface area contributed by atoms with Crippen LogP contribution >= 0.6 is 0 Å². The first kappa shape index (κ1) is 16.8. The molecule has 1 aromatic heterocycles. The third kappa shape index (κ3) is 4.23. The third-order valence-electron chi connectivity index (χ3n) is 3.80. The van der Waals surface area contributed by atoms with Crippen LogP contribution in [-0.4, -0.2) is 66.9 Å². The number of carbonyl (C=O) groups is 1. The highest BCUT2D eigenvalue weighted by Gasteiger charge is 2.26. The molecule has 0 spiro atoms. The van der Waals surface area contributed by atoms with Crippen molar-refractivity contribution < 1.29 is 13.2 Å². The van der Waals surface area contributed by atoms with Crippen molar-refractivity contribution >= 4 is 15.9 Å². The third-order valence-corrected chi connectivity index (χ3v) is 5.07. The van der Waals surface area contributed by atoms with E-state index in [9.17, 15) is 13.2 Å². The summed E-state index contributed by atoms with van der Waals surface area (Å²) in [7, 11) is 0.208. The monoisotopic (exact) mass is 326 g/mol. The van der Waals surface area contributed by atoms with Gasteiger partial charge in [-0.1, -0.05) is 0 Å². The van der Waals surface area contributed by atoms with Gasteiger partial charge in [0.15, 0.2) is 0 Å². The first-order valence-corrected chi connectivity index (χ1v) is 9.10. The zero-order valence-corrected chi connectivity index (χ0v) is 14.0. The molecule has 1 aromatic rings. The SMILES string of the molecule is CN(C)C(=O)c1cc(C[C@H]2CCCN(S(C)(=O)=O)C2)ncn1. The van der Waals surface area contributed by atoms with Crippen LogP contribution in [0.3, 0.4) is 0 Å². The molecule has 0 aliphatic carbocycles. The van der Waals surface area contributed by atoms with Gasteiger partial charge in [0.1, 0.15) is 12.0 Å². The van der Waals surface area contributed by atoms with Gasteiger partial charge in [-0.15, -0.1) is 0 Å². The second kappa shape index (κ2) is 6.70. The molecule has 0 N–H and O–H groups in total. The van der Waals surface area contributed by atoms with E-state index in [2.05, 4.69) is 9.97 Å². The first-order chi connectivity index (χ1) is 10.3. The Bertz CT molecular complexity index is 645. The number of aromatic nitrogens is 2. The summed E-state index contributed by atoms with van der Waals surface area (Å²) in [5.41, 5.74) is 1.14. The lowest BCUT2D eigenvalue weighted by Gasteiger charge is -2.30. The van der Waals surface area contributed by atoms with Crippen molar-refractivity contribution in [3.8, 4) is 0 Å². The summed E-state index contributed by atoms with van der Waals surface area (Å²) in [6.45, 7) is 1.10. The number of sulfonamides is 1. The van der Waals surface area contributed by atoms with Crippen LogP contribution in [-0.2, 0) is 16.4 Å². The zero-order valence-electron chi connectivity index (χ0n) is 13.2. The standard InChI is InChI=1S/C14H22N4O3S/c1-17(2)14(19)13-8-12(15-10-16-13)7-11-5-4-6-18(9-11)22(3,20)21/h8,10-11H,4-7,9H2,1-3H3/t11-/m1/s1. The lowest BCUT2D eigenvalue weighted by atomic mass is 9.94. The second-order valence-corrected chi connectivity index (χ2v) is 7.91. The van der Waals surface area contributed by atoms with E-state index in [1.54, 1.807) is 20.2 Å². The number of hydrogen-bond acceptors (Lipinski definition) is 5. The summed E-state index contributed by atoms with van der Waals surface area (Å²) in [6.07, 6.45) is 5.11. The van der Waals surface area contributed by atoms with Crippen LogP contribution in [0.1, 0.15) is 29.0 Å². The van der Waals surface area contributed by atoms with Gasteiger partial charge in [-0.25, -0.2) is 22.7 Å². The summed E-state index contributed by atoms with van der Waals surface area (Å²) in [5.74, 6) is 0.0609. The van der Waals surface area contributed by atoms with Gasteiger partial charge in [0, 0.05) is 32.9 Å². The van der Waals surface area contributed by atoms with E-state index in [0.717, 1.165) is 18.5 Å². The maximum absolute atomic E-state index is 11.9. The predicted molar refractivity (Wildman–Crippen MR) is 82.9 cm³/mol. The van der Waals surface area contributed by atoms with E-state index in [1.165, 1.54) is 21.8 Å². The molecule has 2 heterocycles. The van der Waals surface area contributed by atoms with Crippen molar-refractivity contribution in [1.82, 2.24) is 19.2 Å². The first-order valence-electron chi connectivity index (χ1n) is 7.25. The lowest BCUT2D eigenvalue weighted by Crippen LogP contribution is -2.39. The number of piperidine rings is 1. The number of hydrogen-bond donors (Lipinski definition) is 0. The second-order valence-electron chi connectivity index (χ2n) is 5.93. The van der Waals surface area contributed by atoms with E-state index in [1.807, 2.05) is 0 Å². The van der Waals surface area contributed by atoms with E-state index in [-0.39, 0.29) is 11.8 Å². The molecule has 1 fully saturated rings. The van der Waals surface area contributed by atoms with Crippen LogP contribution < -0.4 is 0 Å². The van der Waals surface area contributed by atoms with E-state index >= 15 is 0 Å². The highest BCUT2D eigenvalue weighted by Crippen LogP contribution is 2.22. The van der Waals surface area contributed by atoms with Gasteiger partial charge in [-0.05, 0) is 31.2 Å².